The van der Waals surface area contributed by atoms with Crippen LogP contribution in [0.2, 0.25) is 0 Å². The Balaban J connectivity index is 1.43. The number of halogens is 3. The monoisotopic (exact) mass is 524 g/mol. The van der Waals surface area contributed by atoms with Crippen LogP contribution in [0, 0.1) is 17.5 Å². The predicted molar refractivity (Wildman–Crippen MR) is 119 cm³/mol. The van der Waals surface area contributed by atoms with Gasteiger partial charge in [-0.15, -0.1) is 5.10 Å². The van der Waals surface area contributed by atoms with Gasteiger partial charge in [-0.25, -0.2) is 17.9 Å². The van der Waals surface area contributed by atoms with Gasteiger partial charge in [-0.1, -0.05) is 10.4 Å². The van der Waals surface area contributed by atoms with Gasteiger partial charge in [-0.3, -0.25) is 0 Å². The maximum Gasteiger partial charge on any atom is 0.195 e. The average Bonchev–Trinajstić information content (AvgIpc) is 3.65. The van der Waals surface area contributed by atoms with E-state index in [-0.39, 0.29) is 17.7 Å². The lowest BCUT2D eigenvalue weighted by atomic mass is 9.90. The molecule has 3 N–H and O–H groups in total. The molecule has 0 amide bonds. The van der Waals surface area contributed by atoms with Crippen molar-refractivity contribution in [3.63, 3.8) is 0 Å². The molecule has 5 atom stereocenters. The van der Waals surface area contributed by atoms with Gasteiger partial charge in [0.05, 0.1) is 24.6 Å². The molecule has 0 bridgehead atoms. The summed E-state index contributed by atoms with van der Waals surface area (Å²) in [6.07, 6.45) is 0.463. The summed E-state index contributed by atoms with van der Waals surface area (Å²) >= 11 is 0. The van der Waals surface area contributed by atoms with Gasteiger partial charge < -0.3 is 29.3 Å². The van der Waals surface area contributed by atoms with Crippen LogP contribution in [0.1, 0.15) is 43.2 Å². The van der Waals surface area contributed by atoms with Crippen LogP contribution >= 0.6 is 0 Å². The number of aliphatic hydroxyl groups excluding tert-OH is 2. The number of nitrogens with zero attached hydrogens (tertiary/aromatic N) is 4. The number of aliphatic hydroxyl groups is 3. The Morgan fingerprint density at radius 1 is 1.16 bits per heavy atom. The van der Waals surface area contributed by atoms with Gasteiger partial charge in [0.15, 0.2) is 23.2 Å². The van der Waals surface area contributed by atoms with Crippen molar-refractivity contribution in [2.45, 2.75) is 68.2 Å². The van der Waals surface area contributed by atoms with E-state index >= 15 is 0 Å². The lowest BCUT2D eigenvalue weighted by Crippen LogP contribution is -2.57. The van der Waals surface area contributed by atoms with Gasteiger partial charge in [0.1, 0.15) is 35.6 Å². The quantitative estimate of drug-likeness (QED) is 0.397. The Morgan fingerprint density at radius 2 is 1.92 bits per heavy atom. The van der Waals surface area contributed by atoms with Crippen LogP contribution in [-0.2, 0) is 21.5 Å². The van der Waals surface area contributed by atoms with Gasteiger partial charge in [0.2, 0.25) is 0 Å². The molecule has 2 aliphatic rings. The van der Waals surface area contributed by atoms with E-state index in [0.29, 0.717) is 24.3 Å². The molecule has 5 rings (SSSR count). The largest absolute Gasteiger partial charge is 0.394 e. The Bertz CT molecular complexity index is 1250. The summed E-state index contributed by atoms with van der Waals surface area (Å²) in [7, 11) is 1.41. The molecule has 200 valence electrons. The number of methoxy groups -OCH3 is 1. The number of hydrogen-bond acceptors (Lipinski definition) is 9. The average molecular weight is 524 g/mol. The second kappa shape index (κ2) is 10.1. The Kier molecular flexibility index (Phi) is 7.07. The van der Waals surface area contributed by atoms with Gasteiger partial charge >= 0.3 is 0 Å². The fraction of sp³-hybridized carbons (Fsp3) is 0.542. The summed E-state index contributed by atoms with van der Waals surface area (Å²) in [4.78, 5) is 0. The van der Waals surface area contributed by atoms with Crippen molar-refractivity contribution in [3.8, 4) is 11.3 Å². The van der Waals surface area contributed by atoms with Crippen molar-refractivity contribution < 1.29 is 42.5 Å². The third kappa shape index (κ3) is 4.66. The first-order chi connectivity index (χ1) is 17.8. The molecule has 1 aliphatic carbocycles. The highest BCUT2D eigenvalue weighted by atomic mass is 19.2. The van der Waals surface area contributed by atoms with Crippen LogP contribution in [0.25, 0.3) is 11.3 Å². The molecule has 0 unspecified atom stereocenters. The summed E-state index contributed by atoms with van der Waals surface area (Å²) < 4.78 is 59.7. The van der Waals surface area contributed by atoms with Crippen LogP contribution in [0.5, 0.6) is 0 Å². The summed E-state index contributed by atoms with van der Waals surface area (Å²) in [5.74, 6) is -4.02. The molecule has 1 saturated carbocycles. The molecule has 10 nitrogen and oxygen atoms in total. The van der Waals surface area contributed by atoms with Crippen LogP contribution in [-0.4, -0.2) is 73.6 Å². The molecule has 0 spiro atoms. The van der Waals surface area contributed by atoms with Crippen molar-refractivity contribution in [1.29, 1.82) is 0 Å². The van der Waals surface area contributed by atoms with Crippen molar-refractivity contribution in [3.05, 3.63) is 53.3 Å². The molecule has 1 aliphatic heterocycles. The maximum absolute atomic E-state index is 14.3. The van der Waals surface area contributed by atoms with Crippen molar-refractivity contribution in [2.75, 3.05) is 13.7 Å². The molecule has 2 fully saturated rings. The highest BCUT2D eigenvalue weighted by Gasteiger charge is 2.47. The summed E-state index contributed by atoms with van der Waals surface area (Å²) in [5, 5.41) is 43.5. The highest BCUT2D eigenvalue weighted by Crippen LogP contribution is 2.39. The van der Waals surface area contributed by atoms with Gasteiger partial charge in [-0.2, -0.15) is 0 Å². The van der Waals surface area contributed by atoms with E-state index in [1.807, 2.05) is 0 Å². The van der Waals surface area contributed by atoms with Gasteiger partial charge in [0.25, 0.3) is 0 Å². The molecule has 1 saturated heterocycles. The molecular weight excluding hydrogens is 497 g/mol. The van der Waals surface area contributed by atoms with Crippen molar-refractivity contribution >= 4 is 0 Å². The van der Waals surface area contributed by atoms with Gasteiger partial charge in [-0.05, 0) is 37.8 Å². The van der Waals surface area contributed by atoms with Crippen LogP contribution in [0.4, 0.5) is 13.2 Å². The molecule has 0 radical (unpaired) electrons. The maximum atomic E-state index is 14.3. The summed E-state index contributed by atoms with van der Waals surface area (Å²) in [6, 6.07) is 2.53. The van der Waals surface area contributed by atoms with E-state index in [4.69, 9.17) is 14.0 Å². The van der Waals surface area contributed by atoms with E-state index in [0.717, 1.165) is 25.0 Å². The van der Waals surface area contributed by atoms with Gasteiger partial charge in [0, 0.05) is 25.2 Å². The number of benzene rings is 1. The molecule has 2 aromatic heterocycles. The zero-order valence-corrected chi connectivity index (χ0v) is 19.9. The standard InChI is InChI=1S/C24H27F3N4O6/c1-35-23-16(8-12-9-18(37-29-12)24(34)6-2-3-7-24)36-17(11-32)22(33)21(23)31-10-15(28-30-31)13-4-5-14(25)20(27)19(13)26/h4-5,9-10,16-17,21-23,32-34H,2-3,6-8,11H2,1H3/t16-,17-,21+,22+,23+/m1/s1. The lowest BCUT2D eigenvalue weighted by Gasteiger charge is -2.43. The van der Waals surface area contributed by atoms with Crippen LogP contribution < -0.4 is 0 Å². The second-order valence-electron chi connectivity index (χ2n) is 9.51. The molecule has 3 heterocycles. The second-order valence-corrected chi connectivity index (χ2v) is 9.51. The van der Waals surface area contributed by atoms with E-state index in [9.17, 15) is 28.5 Å². The molecule has 13 heteroatoms. The molecule has 1 aromatic carbocycles. The topological polar surface area (TPSA) is 136 Å². The summed E-state index contributed by atoms with van der Waals surface area (Å²) in [5.41, 5.74) is -0.973. The normalized spacial score (nSPS) is 27.6. The fourth-order valence-corrected chi connectivity index (χ4v) is 5.24. The zero-order valence-electron chi connectivity index (χ0n) is 19.9. The first-order valence-electron chi connectivity index (χ1n) is 12.0. The molecule has 3 aromatic rings. The number of aromatic nitrogens is 4. The smallest absolute Gasteiger partial charge is 0.195 e. The zero-order chi connectivity index (χ0) is 26.3. The highest BCUT2D eigenvalue weighted by molar-refractivity contribution is 5.58. The van der Waals surface area contributed by atoms with E-state index < -0.39 is 60.1 Å². The number of hydrogen-bond donors (Lipinski definition) is 3. The Morgan fingerprint density at radius 3 is 2.62 bits per heavy atom. The third-order valence-electron chi connectivity index (χ3n) is 7.22. The van der Waals surface area contributed by atoms with Crippen LogP contribution in [0.15, 0.2) is 28.9 Å². The van der Waals surface area contributed by atoms with E-state index in [1.165, 1.54) is 18.0 Å². The first kappa shape index (κ1) is 25.8. The molecular formula is C24H27F3N4O6. The minimum absolute atomic E-state index is 0.0898. The minimum Gasteiger partial charge on any atom is -0.394 e. The fourth-order valence-electron chi connectivity index (χ4n) is 5.24. The van der Waals surface area contributed by atoms with E-state index in [1.54, 1.807) is 6.07 Å². The van der Waals surface area contributed by atoms with Crippen molar-refractivity contribution in [2.24, 2.45) is 0 Å². The number of rotatable bonds is 7. The predicted octanol–water partition coefficient (Wildman–Crippen LogP) is 2.03. The van der Waals surface area contributed by atoms with Crippen LogP contribution in [0.3, 0.4) is 0 Å². The number of ether oxygens (including phenoxy) is 2. The SMILES string of the molecule is CO[C@@H]1[C@@H](n2cc(-c3ccc(F)c(F)c3F)nn2)[C@@H](O)[C@@H](CO)O[C@@H]1Cc1cc(C2(O)CCCC2)on1. The lowest BCUT2D eigenvalue weighted by molar-refractivity contribution is -0.212. The Hall–Kier alpha value is -2.84. The molecule has 37 heavy (non-hydrogen) atoms. The summed E-state index contributed by atoms with van der Waals surface area (Å²) in [6.45, 7) is -0.520. The third-order valence-corrected chi connectivity index (χ3v) is 7.22. The Labute approximate surface area is 209 Å². The van der Waals surface area contributed by atoms with Crippen molar-refractivity contribution in [1.82, 2.24) is 20.2 Å². The minimum atomic E-state index is -1.64. The first-order valence-corrected chi connectivity index (χ1v) is 12.0. The van der Waals surface area contributed by atoms with E-state index in [2.05, 4.69) is 15.5 Å².